The molecule has 2 fully saturated rings. The molecule has 9 nitrogen and oxygen atoms in total. The Morgan fingerprint density at radius 2 is 2.00 bits per heavy atom. The number of fused-ring (bicyclic) bond motifs is 1. The lowest BCUT2D eigenvalue weighted by molar-refractivity contribution is -0.157. The Hall–Kier alpha value is -1.72. The molecule has 1 N–H and O–H groups in total. The van der Waals surface area contributed by atoms with Crippen LogP contribution >= 0.6 is 0 Å². The fourth-order valence-electron chi connectivity index (χ4n) is 3.80. The number of aliphatic hydroxyl groups is 1. The van der Waals surface area contributed by atoms with Crippen LogP contribution in [0.5, 0.6) is 5.75 Å². The van der Waals surface area contributed by atoms with Crippen molar-refractivity contribution in [3.8, 4) is 5.75 Å². The average molecular weight is 429 g/mol. The maximum absolute atomic E-state index is 13.5. The Kier molecular flexibility index (Phi) is 7.12. The van der Waals surface area contributed by atoms with Crippen molar-refractivity contribution in [2.24, 2.45) is 0 Å². The van der Waals surface area contributed by atoms with Gasteiger partial charge < -0.3 is 24.1 Å². The first-order chi connectivity index (χ1) is 13.9. The second-order valence-electron chi connectivity index (χ2n) is 7.14. The van der Waals surface area contributed by atoms with E-state index in [2.05, 4.69) is 0 Å². The van der Waals surface area contributed by atoms with E-state index in [4.69, 9.17) is 18.9 Å². The summed E-state index contributed by atoms with van der Waals surface area (Å²) in [5.41, 5.74) is 0. The molecule has 10 heteroatoms. The van der Waals surface area contributed by atoms with Crippen molar-refractivity contribution < 1.29 is 37.3 Å². The maximum atomic E-state index is 13.5. The first-order valence-electron chi connectivity index (χ1n) is 9.49. The van der Waals surface area contributed by atoms with Gasteiger partial charge in [0.05, 0.1) is 58.2 Å². The van der Waals surface area contributed by atoms with Gasteiger partial charge in [-0.25, -0.2) is 8.42 Å². The molecule has 0 unspecified atom stereocenters. The van der Waals surface area contributed by atoms with Crippen LogP contribution < -0.4 is 4.74 Å². The highest BCUT2D eigenvalue weighted by molar-refractivity contribution is 7.89. The number of rotatable bonds is 5. The number of hydrogen-bond acceptors (Lipinski definition) is 8. The van der Waals surface area contributed by atoms with Crippen LogP contribution in [-0.4, -0.2) is 82.1 Å². The number of β-amino-alcohol motifs (C(OH)–C–C–N with tert-alkyl or cyclic N) is 1. The standard InChI is InChI=1S/C19H27NO8S/c1-25-16-5-3-4-6-18(16)29(23,24)20-10-13(21)11-27-12-17-15(20)8-7-14(28-17)9-19(22)26-2/h3-6,13-15,17,21H,7-12H2,1-2H3/t13-,14-,15-,17+/m0/s1. The van der Waals surface area contributed by atoms with Crippen molar-refractivity contribution in [2.45, 2.75) is 48.5 Å². The summed E-state index contributed by atoms with van der Waals surface area (Å²) in [6.07, 6.45) is -0.834. The van der Waals surface area contributed by atoms with E-state index < -0.39 is 28.3 Å². The van der Waals surface area contributed by atoms with Crippen LogP contribution in [0.25, 0.3) is 0 Å². The van der Waals surface area contributed by atoms with E-state index in [9.17, 15) is 18.3 Å². The number of para-hydroxylation sites is 1. The van der Waals surface area contributed by atoms with Crippen molar-refractivity contribution in [3.05, 3.63) is 24.3 Å². The van der Waals surface area contributed by atoms with Crippen LogP contribution in [0.15, 0.2) is 29.2 Å². The first kappa shape index (κ1) is 22.0. The lowest BCUT2D eigenvalue weighted by Crippen LogP contribution is -2.57. The molecule has 0 saturated carbocycles. The van der Waals surface area contributed by atoms with E-state index >= 15 is 0 Å². The second-order valence-corrected chi connectivity index (χ2v) is 9.00. The number of carbonyl (C=O) groups excluding carboxylic acids is 1. The van der Waals surface area contributed by atoms with Crippen LogP contribution in [0.1, 0.15) is 19.3 Å². The molecule has 2 heterocycles. The number of hydrogen-bond donors (Lipinski definition) is 1. The smallest absolute Gasteiger partial charge is 0.308 e. The van der Waals surface area contributed by atoms with Crippen molar-refractivity contribution in [3.63, 3.8) is 0 Å². The monoisotopic (exact) mass is 429 g/mol. The number of aliphatic hydroxyl groups excluding tert-OH is 1. The number of esters is 1. The summed E-state index contributed by atoms with van der Waals surface area (Å²) in [7, 11) is -1.25. The SMILES string of the molecule is COC(=O)C[C@@H]1CC[C@H]2[C@@H](COC[C@@H](O)CN2S(=O)(=O)c2ccccc2OC)O1. The predicted molar refractivity (Wildman–Crippen MR) is 102 cm³/mol. The molecule has 1 aromatic carbocycles. The molecule has 2 aliphatic rings. The Bertz CT molecular complexity index is 814. The van der Waals surface area contributed by atoms with Gasteiger partial charge in [0, 0.05) is 6.54 Å². The third kappa shape index (κ3) is 4.89. The largest absolute Gasteiger partial charge is 0.495 e. The molecule has 3 rings (SSSR count). The quantitative estimate of drug-likeness (QED) is 0.676. The summed E-state index contributed by atoms with van der Waals surface area (Å²) in [5, 5.41) is 10.3. The highest BCUT2D eigenvalue weighted by Gasteiger charge is 2.43. The minimum absolute atomic E-state index is 0.00775. The van der Waals surface area contributed by atoms with Crippen molar-refractivity contribution in [1.29, 1.82) is 0 Å². The lowest BCUT2D eigenvalue weighted by Gasteiger charge is -2.43. The highest BCUT2D eigenvalue weighted by atomic mass is 32.2. The van der Waals surface area contributed by atoms with E-state index in [1.807, 2.05) is 0 Å². The van der Waals surface area contributed by atoms with Crippen LogP contribution in [0.2, 0.25) is 0 Å². The van der Waals surface area contributed by atoms with E-state index in [1.54, 1.807) is 18.2 Å². The number of sulfonamides is 1. The van der Waals surface area contributed by atoms with Gasteiger partial charge in [0.15, 0.2) is 0 Å². The number of nitrogens with zero attached hydrogens (tertiary/aromatic N) is 1. The van der Waals surface area contributed by atoms with Crippen LogP contribution in [0.4, 0.5) is 0 Å². The summed E-state index contributed by atoms with van der Waals surface area (Å²) in [6.45, 7) is -0.00386. The normalized spacial score (nSPS) is 28.7. The van der Waals surface area contributed by atoms with Gasteiger partial charge in [-0.2, -0.15) is 4.31 Å². The molecule has 162 valence electrons. The fraction of sp³-hybridized carbons (Fsp3) is 0.632. The molecule has 1 aromatic rings. The molecule has 0 aliphatic carbocycles. The number of benzene rings is 1. The summed E-state index contributed by atoms with van der Waals surface area (Å²) in [6, 6.07) is 5.85. The topological polar surface area (TPSA) is 112 Å². The molecule has 0 aromatic heterocycles. The van der Waals surface area contributed by atoms with Gasteiger partial charge in [-0.15, -0.1) is 0 Å². The maximum Gasteiger partial charge on any atom is 0.308 e. The Labute approximate surface area is 170 Å². The Morgan fingerprint density at radius 3 is 2.72 bits per heavy atom. The van der Waals surface area contributed by atoms with Crippen molar-refractivity contribution in [2.75, 3.05) is 34.0 Å². The summed E-state index contributed by atoms with van der Waals surface area (Å²) < 4.78 is 49.8. The molecule has 0 amide bonds. The van der Waals surface area contributed by atoms with E-state index in [0.29, 0.717) is 12.8 Å². The predicted octanol–water partition coefficient (Wildman–Crippen LogP) is 0.556. The average Bonchev–Trinajstić information content (AvgIpc) is 2.71. The van der Waals surface area contributed by atoms with Crippen LogP contribution in [0, 0.1) is 0 Å². The fourth-order valence-corrected chi connectivity index (χ4v) is 5.67. The molecular weight excluding hydrogens is 402 g/mol. The van der Waals surface area contributed by atoms with Crippen LogP contribution in [-0.2, 0) is 29.0 Å². The van der Waals surface area contributed by atoms with Gasteiger partial charge in [0.25, 0.3) is 0 Å². The number of methoxy groups -OCH3 is 2. The molecule has 0 radical (unpaired) electrons. The van der Waals surface area contributed by atoms with Crippen molar-refractivity contribution in [1.82, 2.24) is 4.31 Å². The van der Waals surface area contributed by atoms with Gasteiger partial charge in [0.1, 0.15) is 10.6 Å². The second kappa shape index (κ2) is 9.40. The zero-order valence-corrected chi connectivity index (χ0v) is 17.3. The van der Waals surface area contributed by atoms with Gasteiger partial charge in [-0.3, -0.25) is 4.79 Å². The highest BCUT2D eigenvalue weighted by Crippen LogP contribution is 2.34. The van der Waals surface area contributed by atoms with Crippen molar-refractivity contribution >= 4 is 16.0 Å². The van der Waals surface area contributed by atoms with E-state index in [-0.39, 0.29) is 48.9 Å². The lowest BCUT2D eigenvalue weighted by atomic mass is 9.96. The third-order valence-electron chi connectivity index (χ3n) is 5.21. The zero-order valence-electron chi connectivity index (χ0n) is 16.5. The molecule has 29 heavy (non-hydrogen) atoms. The summed E-state index contributed by atoms with van der Waals surface area (Å²) in [4.78, 5) is 11.6. The Balaban J connectivity index is 1.90. The molecule has 0 bridgehead atoms. The third-order valence-corrected chi connectivity index (χ3v) is 7.14. The summed E-state index contributed by atoms with van der Waals surface area (Å²) >= 11 is 0. The number of carbonyl (C=O) groups is 1. The minimum atomic E-state index is -3.97. The van der Waals surface area contributed by atoms with Crippen LogP contribution in [0.3, 0.4) is 0 Å². The van der Waals surface area contributed by atoms with Gasteiger partial charge in [-0.1, -0.05) is 12.1 Å². The number of ether oxygens (including phenoxy) is 4. The minimum Gasteiger partial charge on any atom is -0.495 e. The van der Waals surface area contributed by atoms with Gasteiger partial charge in [-0.05, 0) is 25.0 Å². The van der Waals surface area contributed by atoms with Gasteiger partial charge in [0.2, 0.25) is 10.0 Å². The molecular formula is C19H27NO8S. The zero-order chi connectivity index (χ0) is 21.0. The first-order valence-corrected chi connectivity index (χ1v) is 10.9. The molecule has 2 saturated heterocycles. The molecule has 2 aliphatic heterocycles. The molecule has 4 atom stereocenters. The van der Waals surface area contributed by atoms with E-state index in [1.165, 1.54) is 24.6 Å². The molecule has 0 spiro atoms. The summed E-state index contributed by atoms with van der Waals surface area (Å²) in [5.74, 6) is -0.147. The Morgan fingerprint density at radius 1 is 1.24 bits per heavy atom. The van der Waals surface area contributed by atoms with E-state index in [0.717, 1.165) is 0 Å². The van der Waals surface area contributed by atoms with Gasteiger partial charge >= 0.3 is 5.97 Å².